The summed E-state index contributed by atoms with van der Waals surface area (Å²) in [4.78, 5) is 36.2. The maximum atomic E-state index is 13.1. The molecule has 0 amide bonds. The Morgan fingerprint density at radius 2 is 1.38 bits per heavy atom. The molecule has 0 bridgehead atoms. The van der Waals surface area contributed by atoms with Gasteiger partial charge in [0, 0.05) is 69.3 Å². The number of aliphatic carboxylic acids is 1. The minimum absolute atomic E-state index is 0.0158. The van der Waals surface area contributed by atoms with Crippen LogP contribution in [0.5, 0.6) is 0 Å². The quantitative estimate of drug-likeness (QED) is 0.0161. The molecule has 2 heterocycles. The number of hydrogen-bond acceptors (Lipinski definition) is 15. The van der Waals surface area contributed by atoms with Gasteiger partial charge in [-0.05, 0) is 82.6 Å². The third-order valence-electron chi connectivity index (χ3n) is 15.9. The standard InChI is InChI=1S/C57H94O16/c1-32(27-37(6)50(62)40(9)51(63)41(10)53(71-14)35(4)20-17-15-16-18-23-49(60)61)26-36(5)48-31-57(68,54(65)56(67)73-48)38(7)24-25-43(69-12)28-44(70-13)29-46(59)33(2)21-19-22-34(3)47-30-45(39(8)42(11)58)52(64)55(66)72-47/h15-20,22-23,26-27,33-36,38-48,50-54,58-59,62-65,68H,21,24-25,28-31H2,1-14H3,(H,60,61). The number of aliphatic hydroxyl groups is 7. The van der Waals surface area contributed by atoms with E-state index in [1.54, 1.807) is 67.3 Å². The van der Waals surface area contributed by atoms with Crippen molar-refractivity contribution in [3.8, 4) is 0 Å². The summed E-state index contributed by atoms with van der Waals surface area (Å²) in [7, 11) is 4.74. The van der Waals surface area contributed by atoms with Crippen molar-refractivity contribution in [3.05, 3.63) is 71.9 Å². The normalized spacial score (nSPS) is 28.9. The topological polar surface area (TPSA) is 259 Å². The summed E-state index contributed by atoms with van der Waals surface area (Å²) in [6, 6.07) is 0. The molecule has 0 aromatic carbocycles. The molecule has 16 nitrogen and oxygen atoms in total. The second-order valence-corrected chi connectivity index (χ2v) is 21.6. The number of carbonyl (C=O) groups excluding carboxylic acids is 2. The molecule has 418 valence electrons. The van der Waals surface area contributed by atoms with Crippen molar-refractivity contribution in [1.82, 2.24) is 0 Å². The van der Waals surface area contributed by atoms with Crippen molar-refractivity contribution in [2.24, 2.45) is 53.3 Å². The number of methoxy groups -OCH3 is 3. The molecule has 2 fully saturated rings. The van der Waals surface area contributed by atoms with Crippen molar-refractivity contribution in [3.63, 3.8) is 0 Å². The number of ether oxygens (including phenoxy) is 5. The fourth-order valence-corrected chi connectivity index (χ4v) is 10.4. The van der Waals surface area contributed by atoms with E-state index in [0.717, 1.165) is 11.6 Å². The molecule has 0 aromatic rings. The van der Waals surface area contributed by atoms with Crippen LogP contribution < -0.4 is 0 Å². The van der Waals surface area contributed by atoms with Gasteiger partial charge >= 0.3 is 17.9 Å². The van der Waals surface area contributed by atoms with Gasteiger partial charge in [0.1, 0.15) is 17.8 Å². The Morgan fingerprint density at radius 1 is 0.767 bits per heavy atom. The molecule has 21 atom stereocenters. The van der Waals surface area contributed by atoms with Crippen LogP contribution in [0.3, 0.4) is 0 Å². The first-order valence-corrected chi connectivity index (χ1v) is 26.2. The first kappa shape index (κ1) is 65.6. The average molecular weight is 1040 g/mol. The summed E-state index contributed by atoms with van der Waals surface area (Å²) < 4.78 is 28.6. The molecule has 0 radical (unpaired) electrons. The Bertz CT molecular complexity index is 1870. The monoisotopic (exact) mass is 1030 g/mol. The van der Waals surface area contributed by atoms with E-state index in [-0.39, 0.29) is 60.2 Å². The van der Waals surface area contributed by atoms with Crippen LogP contribution in [-0.2, 0) is 38.1 Å². The molecule has 2 saturated heterocycles. The van der Waals surface area contributed by atoms with Gasteiger partial charge in [0.2, 0.25) is 0 Å². The van der Waals surface area contributed by atoms with E-state index in [9.17, 15) is 50.1 Å². The number of carboxylic acids is 1. The Balaban J connectivity index is 2.03. The summed E-state index contributed by atoms with van der Waals surface area (Å²) in [5.74, 6) is -5.56. The lowest BCUT2D eigenvalue weighted by atomic mass is 9.73. The Kier molecular flexibility index (Phi) is 28.3. The molecule has 0 saturated carbocycles. The zero-order valence-electron chi connectivity index (χ0n) is 46.1. The van der Waals surface area contributed by atoms with Crippen molar-refractivity contribution < 1.29 is 78.9 Å². The predicted octanol–water partition coefficient (Wildman–Crippen LogP) is 6.44. The number of carboxylic acid groups (broad SMARTS) is 1. The summed E-state index contributed by atoms with van der Waals surface area (Å²) in [5, 5.41) is 86.3. The second kappa shape index (κ2) is 31.5. The van der Waals surface area contributed by atoms with E-state index in [1.165, 1.54) is 6.08 Å². The van der Waals surface area contributed by atoms with Gasteiger partial charge in [0.05, 0.1) is 42.7 Å². The Labute approximate surface area is 435 Å². The lowest BCUT2D eigenvalue weighted by molar-refractivity contribution is -0.212. The molecule has 2 aliphatic heterocycles. The SMILES string of the molecule is COC(CCC(C)C1(O)CC(C(C)C=C(C)C=C(C)C(O)C(C)C(O)C(C)C(OC)C(C)C=CC=CC=CC(=O)O)OC(=O)C1O)CC(CC(O)C(C)CC=CC(C)C1CC(C(C)C(C)O)C(O)C(=O)O1)OC. The summed E-state index contributed by atoms with van der Waals surface area (Å²) >= 11 is 0. The lowest BCUT2D eigenvalue weighted by Gasteiger charge is -2.44. The van der Waals surface area contributed by atoms with Crippen molar-refractivity contribution in [2.45, 2.75) is 194 Å². The van der Waals surface area contributed by atoms with Gasteiger partial charge in [-0.2, -0.15) is 0 Å². The van der Waals surface area contributed by atoms with Gasteiger partial charge in [-0.25, -0.2) is 14.4 Å². The lowest BCUT2D eigenvalue weighted by Crippen LogP contribution is -2.59. The fourth-order valence-electron chi connectivity index (χ4n) is 10.4. The number of aliphatic hydroxyl groups excluding tert-OH is 6. The molecular formula is C57H94O16. The van der Waals surface area contributed by atoms with Crippen molar-refractivity contribution in [1.29, 1.82) is 0 Å². The smallest absolute Gasteiger partial charge is 0.338 e. The van der Waals surface area contributed by atoms with Crippen LogP contribution in [0.15, 0.2) is 71.9 Å². The highest BCUT2D eigenvalue weighted by Gasteiger charge is 2.52. The van der Waals surface area contributed by atoms with Gasteiger partial charge in [0.15, 0.2) is 12.2 Å². The number of hydrogen-bond donors (Lipinski definition) is 8. The van der Waals surface area contributed by atoms with Crippen LogP contribution in [0, 0.1) is 53.3 Å². The van der Waals surface area contributed by atoms with Gasteiger partial charge in [-0.3, -0.25) is 0 Å². The van der Waals surface area contributed by atoms with E-state index in [4.69, 9.17) is 28.8 Å². The Hall–Kier alpha value is -3.55. The zero-order chi connectivity index (χ0) is 55.5. The number of carbonyl (C=O) groups is 3. The molecule has 2 aliphatic rings. The highest BCUT2D eigenvalue weighted by Crippen LogP contribution is 2.39. The van der Waals surface area contributed by atoms with Crippen LogP contribution in [0.4, 0.5) is 0 Å². The maximum absolute atomic E-state index is 13.1. The fraction of sp³-hybridized carbons (Fsp3) is 0.737. The summed E-state index contributed by atoms with van der Waals surface area (Å²) in [5.41, 5.74) is -0.417. The van der Waals surface area contributed by atoms with Crippen molar-refractivity contribution >= 4 is 17.9 Å². The van der Waals surface area contributed by atoms with E-state index in [0.29, 0.717) is 44.1 Å². The second-order valence-electron chi connectivity index (χ2n) is 21.6. The zero-order valence-corrected chi connectivity index (χ0v) is 46.1. The third kappa shape index (κ3) is 19.8. The van der Waals surface area contributed by atoms with Crippen LogP contribution >= 0.6 is 0 Å². The molecule has 0 spiro atoms. The number of esters is 2. The highest BCUT2D eigenvalue weighted by molar-refractivity contribution is 5.80. The van der Waals surface area contributed by atoms with Gasteiger partial charge in [0.25, 0.3) is 0 Å². The van der Waals surface area contributed by atoms with Crippen molar-refractivity contribution in [2.75, 3.05) is 21.3 Å². The Morgan fingerprint density at radius 3 is 1.97 bits per heavy atom. The van der Waals surface area contributed by atoms with Gasteiger partial charge < -0.3 is 64.5 Å². The predicted molar refractivity (Wildman–Crippen MR) is 280 cm³/mol. The maximum Gasteiger partial charge on any atom is 0.338 e. The van der Waals surface area contributed by atoms with E-state index in [1.807, 2.05) is 78.8 Å². The molecule has 16 heteroatoms. The van der Waals surface area contributed by atoms with Crippen LogP contribution in [0.2, 0.25) is 0 Å². The highest BCUT2D eigenvalue weighted by atomic mass is 16.6. The van der Waals surface area contributed by atoms with Crippen LogP contribution in [0.1, 0.15) is 121 Å². The van der Waals surface area contributed by atoms with E-state index >= 15 is 0 Å². The third-order valence-corrected chi connectivity index (χ3v) is 15.9. The average Bonchev–Trinajstić information content (AvgIpc) is 3.34. The van der Waals surface area contributed by atoms with Gasteiger partial charge in [-0.1, -0.05) is 116 Å². The first-order valence-electron chi connectivity index (χ1n) is 26.2. The molecule has 21 unspecified atom stereocenters. The van der Waals surface area contributed by atoms with E-state index in [2.05, 4.69) is 0 Å². The number of allylic oxidation sites excluding steroid dienone is 7. The minimum atomic E-state index is -1.79. The van der Waals surface area contributed by atoms with E-state index < -0.39 is 90.1 Å². The first-order chi connectivity index (χ1) is 34.1. The summed E-state index contributed by atoms with van der Waals surface area (Å²) in [6.45, 7) is 20.2. The molecule has 73 heavy (non-hydrogen) atoms. The summed E-state index contributed by atoms with van der Waals surface area (Å²) in [6.07, 6.45) is 11.1. The minimum Gasteiger partial charge on any atom is -0.478 e. The largest absolute Gasteiger partial charge is 0.478 e. The van der Waals surface area contributed by atoms with Gasteiger partial charge in [-0.15, -0.1) is 0 Å². The molecule has 8 N–H and O–H groups in total. The van der Waals surface area contributed by atoms with Crippen LogP contribution in [-0.4, -0.2) is 153 Å². The molecular weight excluding hydrogens is 941 g/mol. The molecule has 0 aliphatic carbocycles. The molecule has 2 rings (SSSR count). The number of rotatable bonds is 31. The number of cyclic esters (lactones) is 2. The van der Waals surface area contributed by atoms with Crippen LogP contribution in [0.25, 0.3) is 0 Å². The molecule has 0 aromatic heterocycles.